The molecule has 0 bridgehead atoms. The van der Waals surface area contributed by atoms with E-state index in [-0.39, 0.29) is 11.6 Å². The summed E-state index contributed by atoms with van der Waals surface area (Å²) in [6.45, 7) is 11.2. The third-order valence-corrected chi connectivity index (χ3v) is 5.97. The quantitative estimate of drug-likeness (QED) is 0.889. The van der Waals surface area contributed by atoms with E-state index in [9.17, 15) is 0 Å². The number of nitrogens with zero attached hydrogens (tertiary/aromatic N) is 4. The van der Waals surface area contributed by atoms with Crippen molar-refractivity contribution in [3.05, 3.63) is 40.7 Å². The maximum absolute atomic E-state index is 6.12. The van der Waals surface area contributed by atoms with Crippen molar-refractivity contribution in [3.8, 4) is 0 Å². The molecule has 1 aliphatic rings. The van der Waals surface area contributed by atoms with E-state index in [0.717, 1.165) is 36.3 Å². The number of hydrogen-bond donors (Lipinski definition) is 1. The molecule has 0 aliphatic carbocycles. The second-order valence-corrected chi connectivity index (χ2v) is 8.38. The fourth-order valence-corrected chi connectivity index (χ4v) is 3.73. The number of aromatic nitrogens is 4. The summed E-state index contributed by atoms with van der Waals surface area (Å²) in [5, 5.41) is 13.6. The molecule has 1 N–H and O–H groups in total. The van der Waals surface area contributed by atoms with Gasteiger partial charge in [-0.1, -0.05) is 37.6 Å². The second kappa shape index (κ2) is 7.42. The van der Waals surface area contributed by atoms with Crippen molar-refractivity contribution in [1.29, 1.82) is 0 Å². The van der Waals surface area contributed by atoms with Crippen molar-refractivity contribution in [2.24, 2.45) is 5.92 Å². The van der Waals surface area contributed by atoms with Gasteiger partial charge >= 0.3 is 0 Å². The van der Waals surface area contributed by atoms with Crippen LogP contribution in [0.5, 0.6) is 0 Å². The molecule has 0 spiro atoms. The van der Waals surface area contributed by atoms with Gasteiger partial charge in [0.1, 0.15) is 0 Å². The van der Waals surface area contributed by atoms with Crippen LogP contribution >= 0.6 is 11.6 Å². The number of nitrogens with one attached hydrogen (secondary N) is 1. The number of benzene rings is 1. The summed E-state index contributed by atoms with van der Waals surface area (Å²) in [5.41, 5.74) is 1.13. The highest BCUT2D eigenvalue weighted by Crippen LogP contribution is 2.26. The first kappa shape index (κ1) is 18.3. The Hall–Kier alpha value is -1.46. The molecule has 6 heteroatoms. The lowest BCUT2D eigenvalue weighted by Gasteiger charge is -2.35. The summed E-state index contributed by atoms with van der Waals surface area (Å²) in [6.07, 6.45) is 3.47. The van der Waals surface area contributed by atoms with Crippen LogP contribution in [0.2, 0.25) is 5.02 Å². The Labute approximate surface area is 155 Å². The van der Waals surface area contributed by atoms with Crippen molar-refractivity contribution < 1.29 is 4.90 Å². The molecule has 5 nitrogen and oxygen atoms in total. The van der Waals surface area contributed by atoms with Gasteiger partial charge in [-0.05, 0) is 61.6 Å². The third kappa shape index (κ3) is 3.87. The van der Waals surface area contributed by atoms with E-state index in [0.29, 0.717) is 0 Å². The topological polar surface area (TPSA) is 48.0 Å². The number of likely N-dealkylation sites (tertiary alicyclic amines) is 1. The zero-order valence-electron chi connectivity index (χ0n) is 15.7. The van der Waals surface area contributed by atoms with Gasteiger partial charge in [-0.25, -0.2) is 4.68 Å². The SMILES string of the molecule is CCC(C)(C)n1nnnc1[C@H](c1ccc(Cl)cc1)[NH+]1CCC(C)CC1. The molecule has 1 fully saturated rings. The molecular weight excluding hydrogens is 334 g/mol. The molecule has 0 radical (unpaired) electrons. The van der Waals surface area contributed by atoms with Gasteiger partial charge in [0.15, 0.2) is 6.04 Å². The maximum atomic E-state index is 6.12. The van der Waals surface area contributed by atoms with Gasteiger partial charge in [0.05, 0.1) is 18.6 Å². The van der Waals surface area contributed by atoms with E-state index in [1.807, 2.05) is 16.8 Å². The van der Waals surface area contributed by atoms with Crippen molar-refractivity contribution >= 4 is 11.6 Å². The van der Waals surface area contributed by atoms with Crippen LogP contribution in [-0.4, -0.2) is 33.3 Å². The second-order valence-electron chi connectivity index (χ2n) is 7.94. The highest BCUT2D eigenvalue weighted by Gasteiger charge is 2.36. The van der Waals surface area contributed by atoms with Gasteiger partial charge < -0.3 is 4.90 Å². The first-order valence-electron chi connectivity index (χ1n) is 9.31. The standard InChI is InChI=1S/C19H28ClN5/c1-5-19(3,4)25-18(21-22-23-25)17(15-6-8-16(20)9-7-15)24-12-10-14(2)11-13-24/h6-9,14,17H,5,10-13H2,1-4H3/p+1/t17-/m0/s1. The molecule has 2 heterocycles. The molecule has 1 atom stereocenters. The molecule has 136 valence electrons. The van der Waals surface area contributed by atoms with Crippen LogP contribution in [0.4, 0.5) is 0 Å². The van der Waals surface area contributed by atoms with Crippen molar-refractivity contribution in [2.75, 3.05) is 13.1 Å². The van der Waals surface area contributed by atoms with E-state index < -0.39 is 0 Å². The number of quaternary nitrogens is 1. The summed E-state index contributed by atoms with van der Waals surface area (Å²) in [6, 6.07) is 8.32. The largest absolute Gasteiger partial charge is 0.322 e. The fraction of sp³-hybridized carbons (Fsp3) is 0.632. The van der Waals surface area contributed by atoms with Crippen LogP contribution in [0.3, 0.4) is 0 Å². The molecular formula is C19H29ClN5+. The lowest BCUT2D eigenvalue weighted by molar-refractivity contribution is -0.932. The lowest BCUT2D eigenvalue weighted by atomic mass is 9.94. The van der Waals surface area contributed by atoms with Crippen LogP contribution in [0.15, 0.2) is 24.3 Å². The monoisotopic (exact) mass is 362 g/mol. The zero-order valence-corrected chi connectivity index (χ0v) is 16.4. The van der Waals surface area contributed by atoms with Crippen molar-refractivity contribution in [1.82, 2.24) is 20.2 Å². The number of halogens is 1. The van der Waals surface area contributed by atoms with Crippen LogP contribution < -0.4 is 4.90 Å². The minimum Gasteiger partial charge on any atom is -0.322 e. The highest BCUT2D eigenvalue weighted by atomic mass is 35.5. The van der Waals surface area contributed by atoms with Gasteiger partial charge in [0.2, 0.25) is 5.82 Å². The van der Waals surface area contributed by atoms with Crippen molar-refractivity contribution in [3.63, 3.8) is 0 Å². The average molecular weight is 363 g/mol. The molecule has 1 aromatic heterocycles. The van der Waals surface area contributed by atoms with Crippen LogP contribution in [0.25, 0.3) is 0 Å². The Balaban J connectivity index is 2.03. The number of piperidine rings is 1. The summed E-state index contributed by atoms with van der Waals surface area (Å²) in [5.74, 6) is 1.76. The summed E-state index contributed by atoms with van der Waals surface area (Å²) in [4.78, 5) is 1.54. The van der Waals surface area contributed by atoms with Gasteiger partial charge in [0.25, 0.3) is 0 Å². The maximum Gasteiger partial charge on any atom is 0.214 e. The van der Waals surface area contributed by atoms with E-state index in [2.05, 4.69) is 55.4 Å². The normalized spacial score (nSPS) is 22.8. The average Bonchev–Trinajstić information content (AvgIpc) is 3.09. The number of tetrazole rings is 1. The first-order valence-corrected chi connectivity index (χ1v) is 9.69. The molecule has 1 saturated heterocycles. The summed E-state index contributed by atoms with van der Waals surface area (Å²) >= 11 is 6.12. The van der Waals surface area contributed by atoms with Gasteiger partial charge in [-0.15, -0.1) is 5.10 Å². The van der Waals surface area contributed by atoms with Crippen LogP contribution in [-0.2, 0) is 5.54 Å². The van der Waals surface area contributed by atoms with E-state index in [1.54, 1.807) is 4.90 Å². The van der Waals surface area contributed by atoms with Gasteiger partial charge in [0, 0.05) is 10.6 Å². The minimum absolute atomic E-state index is 0.105. The van der Waals surface area contributed by atoms with Crippen LogP contribution in [0, 0.1) is 5.92 Å². The van der Waals surface area contributed by atoms with Gasteiger partial charge in [-0.3, -0.25) is 0 Å². The molecule has 1 aromatic carbocycles. The first-order chi connectivity index (χ1) is 11.9. The van der Waals surface area contributed by atoms with E-state index >= 15 is 0 Å². The Kier molecular flexibility index (Phi) is 5.44. The molecule has 0 amide bonds. The Morgan fingerprint density at radius 2 is 1.88 bits per heavy atom. The smallest absolute Gasteiger partial charge is 0.214 e. The highest BCUT2D eigenvalue weighted by molar-refractivity contribution is 6.30. The van der Waals surface area contributed by atoms with Gasteiger partial charge in [-0.2, -0.15) is 0 Å². The van der Waals surface area contributed by atoms with Crippen molar-refractivity contribution in [2.45, 2.75) is 58.5 Å². The molecule has 1 aliphatic heterocycles. The zero-order chi connectivity index (χ0) is 18.0. The molecule has 0 saturated carbocycles. The summed E-state index contributed by atoms with van der Waals surface area (Å²) < 4.78 is 2.03. The Morgan fingerprint density at radius 3 is 2.48 bits per heavy atom. The number of rotatable bonds is 5. The minimum atomic E-state index is -0.105. The Bertz CT molecular complexity index is 686. The summed E-state index contributed by atoms with van der Waals surface area (Å²) in [7, 11) is 0. The fourth-order valence-electron chi connectivity index (χ4n) is 3.60. The molecule has 0 unspecified atom stereocenters. The molecule has 25 heavy (non-hydrogen) atoms. The lowest BCUT2D eigenvalue weighted by Crippen LogP contribution is -3.13. The van der Waals surface area contributed by atoms with E-state index in [4.69, 9.17) is 11.6 Å². The number of hydrogen-bond acceptors (Lipinski definition) is 3. The van der Waals surface area contributed by atoms with Crippen LogP contribution in [0.1, 0.15) is 64.4 Å². The predicted octanol–water partition coefficient (Wildman–Crippen LogP) is 2.88. The molecule has 2 aromatic rings. The predicted molar refractivity (Wildman–Crippen MR) is 99.8 cm³/mol. The Morgan fingerprint density at radius 1 is 1.24 bits per heavy atom. The molecule has 3 rings (SSSR count). The van der Waals surface area contributed by atoms with E-state index in [1.165, 1.54) is 18.4 Å². The third-order valence-electron chi connectivity index (χ3n) is 5.72.